The van der Waals surface area contributed by atoms with Crippen LogP contribution < -0.4 is 9.47 Å². The maximum Gasteiger partial charge on any atom is 0.335 e. The number of aromatic carboxylic acids is 1. The van der Waals surface area contributed by atoms with Crippen LogP contribution in [0.2, 0.25) is 0 Å². The van der Waals surface area contributed by atoms with E-state index in [-0.39, 0.29) is 29.2 Å². The zero-order valence-electron chi connectivity index (χ0n) is 14.9. The third kappa shape index (κ3) is 5.47. The highest BCUT2D eigenvalue weighted by Gasteiger charge is 2.18. The van der Waals surface area contributed by atoms with Gasteiger partial charge in [0, 0.05) is 18.6 Å². The molecule has 0 radical (unpaired) electrons. The molecule has 138 valence electrons. The van der Waals surface area contributed by atoms with E-state index in [0.717, 1.165) is 17.4 Å². The van der Waals surface area contributed by atoms with E-state index in [1.807, 2.05) is 45.0 Å². The molecule has 7 nitrogen and oxygen atoms in total. The Hall–Kier alpha value is -3.09. The molecule has 2 rings (SSSR count). The first-order chi connectivity index (χ1) is 12.2. The molecule has 0 unspecified atom stereocenters. The zero-order chi connectivity index (χ0) is 19.3. The summed E-state index contributed by atoms with van der Waals surface area (Å²) in [7, 11) is 0. The van der Waals surface area contributed by atoms with Crippen LogP contribution in [0.25, 0.3) is 0 Å². The second kappa shape index (κ2) is 7.86. The summed E-state index contributed by atoms with van der Waals surface area (Å²) in [4.78, 5) is 21.5. The predicted molar refractivity (Wildman–Crippen MR) is 96.1 cm³/mol. The van der Waals surface area contributed by atoms with Crippen LogP contribution in [0.1, 0.15) is 36.7 Å². The number of carboxylic acids is 1. The van der Waals surface area contributed by atoms with Crippen LogP contribution in [0.3, 0.4) is 0 Å². The van der Waals surface area contributed by atoms with Crippen LogP contribution >= 0.6 is 0 Å². The summed E-state index contributed by atoms with van der Waals surface area (Å²) in [5.41, 5.74) is 0.375. The smallest absolute Gasteiger partial charge is 0.335 e. The first-order valence-corrected chi connectivity index (χ1v) is 8.08. The van der Waals surface area contributed by atoms with Crippen molar-refractivity contribution >= 4 is 11.7 Å². The van der Waals surface area contributed by atoms with Crippen molar-refractivity contribution in [1.82, 2.24) is 0 Å². The summed E-state index contributed by atoms with van der Waals surface area (Å²) in [6, 6.07) is 11.0. The Morgan fingerprint density at radius 3 is 2.35 bits per heavy atom. The van der Waals surface area contributed by atoms with Crippen molar-refractivity contribution in [2.75, 3.05) is 6.61 Å². The molecule has 0 atom stereocenters. The van der Waals surface area contributed by atoms with Gasteiger partial charge in [0.15, 0.2) is 5.75 Å². The minimum absolute atomic E-state index is 0.0532. The highest BCUT2D eigenvalue weighted by Crippen LogP contribution is 2.28. The Bertz CT molecular complexity index is 793. The Morgan fingerprint density at radius 1 is 1.15 bits per heavy atom. The normalized spacial score (nSPS) is 11.0. The fourth-order valence-corrected chi connectivity index (χ4v) is 2.27. The van der Waals surface area contributed by atoms with E-state index < -0.39 is 10.9 Å². The van der Waals surface area contributed by atoms with Crippen molar-refractivity contribution in [3.8, 4) is 11.5 Å². The molecule has 0 aliphatic heterocycles. The maximum absolute atomic E-state index is 11.1. The van der Waals surface area contributed by atoms with Gasteiger partial charge in [0.1, 0.15) is 11.4 Å². The van der Waals surface area contributed by atoms with E-state index in [0.29, 0.717) is 6.42 Å². The van der Waals surface area contributed by atoms with Gasteiger partial charge in [-0.15, -0.1) is 0 Å². The molecule has 0 fully saturated rings. The highest BCUT2D eigenvalue weighted by molar-refractivity contribution is 5.88. The largest absolute Gasteiger partial charge is 0.488 e. The maximum atomic E-state index is 11.1. The van der Waals surface area contributed by atoms with Gasteiger partial charge < -0.3 is 14.6 Å². The molecule has 0 saturated heterocycles. The quantitative estimate of drug-likeness (QED) is 0.590. The Morgan fingerprint density at radius 2 is 1.81 bits per heavy atom. The summed E-state index contributed by atoms with van der Waals surface area (Å²) in [6.45, 7) is 6.08. The van der Waals surface area contributed by atoms with Crippen LogP contribution in [0.4, 0.5) is 5.69 Å². The number of hydrogen-bond acceptors (Lipinski definition) is 5. The van der Waals surface area contributed by atoms with Gasteiger partial charge in [0.2, 0.25) is 0 Å². The van der Waals surface area contributed by atoms with Crippen molar-refractivity contribution in [3.63, 3.8) is 0 Å². The average Bonchev–Trinajstić information content (AvgIpc) is 2.54. The molecule has 0 spiro atoms. The van der Waals surface area contributed by atoms with Gasteiger partial charge >= 0.3 is 11.7 Å². The molecule has 2 aromatic rings. The van der Waals surface area contributed by atoms with Crippen molar-refractivity contribution in [3.05, 3.63) is 63.7 Å². The molecule has 0 amide bonds. The minimum Gasteiger partial charge on any atom is -0.488 e. The molecule has 1 N–H and O–H groups in total. The van der Waals surface area contributed by atoms with E-state index in [1.165, 1.54) is 12.1 Å². The SMILES string of the molecule is CC(C)(C)Oc1ccc(CCOc2cc(C(=O)O)ccc2[N+](=O)[O-])cc1. The molecular formula is C19H21NO6. The average molecular weight is 359 g/mol. The number of carbonyl (C=O) groups is 1. The first-order valence-electron chi connectivity index (χ1n) is 8.08. The van der Waals surface area contributed by atoms with E-state index in [4.69, 9.17) is 14.6 Å². The molecule has 0 aromatic heterocycles. The third-order valence-electron chi connectivity index (χ3n) is 3.40. The summed E-state index contributed by atoms with van der Waals surface area (Å²) in [5, 5.41) is 20.1. The van der Waals surface area contributed by atoms with Crippen LogP contribution in [0, 0.1) is 10.1 Å². The predicted octanol–water partition coefficient (Wildman–Crippen LogP) is 4.09. The molecule has 0 saturated carbocycles. The standard InChI is InChI=1S/C19H21NO6/c1-19(2,3)26-15-7-4-13(5-8-15)10-11-25-17-12-14(18(21)22)6-9-16(17)20(23)24/h4-9,12H,10-11H2,1-3H3,(H,21,22). The van der Waals surface area contributed by atoms with Crippen molar-refractivity contribution in [2.45, 2.75) is 32.8 Å². The summed E-state index contributed by atoms with van der Waals surface area (Å²) >= 11 is 0. The van der Waals surface area contributed by atoms with Crippen molar-refractivity contribution < 1.29 is 24.3 Å². The molecule has 0 aliphatic carbocycles. The molecule has 0 aliphatic rings. The fraction of sp³-hybridized carbons (Fsp3) is 0.316. The van der Waals surface area contributed by atoms with E-state index >= 15 is 0 Å². The van der Waals surface area contributed by atoms with E-state index in [2.05, 4.69) is 0 Å². The van der Waals surface area contributed by atoms with Gasteiger partial charge in [0.25, 0.3) is 0 Å². The van der Waals surface area contributed by atoms with E-state index in [1.54, 1.807) is 0 Å². The lowest BCUT2D eigenvalue weighted by Gasteiger charge is -2.21. The Balaban J connectivity index is 2.02. The number of nitro groups is 1. The summed E-state index contributed by atoms with van der Waals surface area (Å²) in [5.74, 6) is -0.464. The Kier molecular flexibility index (Phi) is 5.82. The molecular weight excluding hydrogens is 338 g/mol. The third-order valence-corrected chi connectivity index (χ3v) is 3.40. The zero-order valence-corrected chi connectivity index (χ0v) is 14.9. The number of nitrogens with zero attached hydrogens (tertiary/aromatic N) is 1. The summed E-state index contributed by atoms with van der Waals surface area (Å²) < 4.78 is 11.2. The lowest BCUT2D eigenvalue weighted by atomic mass is 10.1. The number of benzene rings is 2. The fourth-order valence-electron chi connectivity index (χ4n) is 2.27. The molecule has 0 bridgehead atoms. The lowest BCUT2D eigenvalue weighted by Crippen LogP contribution is -2.22. The first kappa shape index (κ1) is 19.2. The second-order valence-electron chi connectivity index (χ2n) is 6.70. The van der Waals surface area contributed by atoms with Gasteiger partial charge in [0.05, 0.1) is 17.1 Å². The second-order valence-corrected chi connectivity index (χ2v) is 6.70. The monoisotopic (exact) mass is 359 g/mol. The molecule has 7 heteroatoms. The van der Waals surface area contributed by atoms with Gasteiger partial charge in [-0.2, -0.15) is 0 Å². The topological polar surface area (TPSA) is 98.9 Å². The van der Waals surface area contributed by atoms with E-state index in [9.17, 15) is 14.9 Å². The van der Waals surface area contributed by atoms with Crippen LogP contribution in [-0.2, 0) is 6.42 Å². The molecule has 2 aromatic carbocycles. The van der Waals surface area contributed by atoms with Crippen LogP contribution in [0.15, 0.2) is 42.5 Å². The minimum atomic E-state index is -1.17. The molecule has 26 heavy (non-hydrogen) atoms. The number of carboxylic acid groups (broad SMARTS) is 1. The Labute approximate surface area is 151 Å². The summed E-state index contributed by atoms with van der Waals surface area (Å²) in [6.07, 6.45) is 0.518. The van der Waals surface area contributed by atoms with Gasteiger partial charge in [-0.1, -0.05) is 12.1 Å². The van der Waals surface area contributed by atoms with Crippen molar-refractivity contribution in [1.29, 1.82) is 0 Å². The van der Waals surface area contributed by atoms with Gasteiger partial charge in [-0.25, -0.2) is 4.79 Å². The highest BCUT2D eigenvalue weighted by atomic mass is 16.6. The van der Waals surface area contributed by atoms with Crippen LogP contribution in [0.5, 0.6) is 11.5 Å². The van der Waals surface area contributed by atoms with Crippen molar-refractivity contribution in [2.24, 2.45) is 0 Å². The van der Waals surface area contributed by atoms with Gasteiger partial charge in [-0.3, -0.25) is 10.1 Å². The lowest BCUT2D eigenvalue weighted by molar-refractivity contribution is -0.385. The number of hydrogen-bond donors (Lipinski definition) is 1. The van der Waals surface area contributed by atoms with Gasteiger partial charge in [-0.05, 0) is 44.5 Å². The number of nitro benzene ring substituents is 1. The number of rotatable bonds is 7. The molecule has 0 heterocycles. The number of ether oxygens (including phenoxy) is 2. The van der Waals surface area contributed by atoms with Crippen LogP contribution in [-0.4, -0.2) is 28.2 Å².